The number of fused-ring (bicyclic) bond motifs is 6. The standard InChI is InChI=1S/C40H26N2O/c1-2-12-31(13-3-1)41-35-15-7-6-14-33(35)34-25-29(19-22-36(34)41)30-20-23-38-40(26-30)43-39-17-9-8-16-37(39)42(38)32-21-18-27-10-4-5-11-28(27)24-32/h1-26H. The van der Waals surface area contributed by atoms with E-state index in [4.69, 9.17) is 4.74 Å². The summed E-state index contributed by atoms with van der Waals surface area (Å²) in [6.07, 6.45) is 0. The van der Waals surface area contributed by atoms with E-state index in [9.17, 15) is 0 Å². The molecule has 0 saturated carbocycles. The quantitative estimate of drug-likeness (QED) is 0.218. The van der Waals surface area contributed by atoms with Crippen molar-refractivity contribution in [2.24, 2.45) is 0 Å². The molecule has 0 unspecified atom stereocenters. The van der Waals surface area contributed by atoms with Crippen LogP contribution in [0, 0.1) is 0 Å². The smallest absolute Gasteiger partial charge is 0.152 e. The molecule has 1 aromatic heterocycles. The van der Waals surface area contributed by atoms with Gasteiger partial charge in [0.1, 0.15) is 0 Å². The maximum Gasteiger partial charge on any atom is 0.152 e. The van der Waals surface area contributed by atoms with E-state index >= 15 is 0 Å². The lowest BCUT2D eigenvalue weighted by Gasteiger charge is -2.33. The Labute approximate surface area is 249 Å². The van der Waals surface area contributed by atoms with Crippen LogP contribution >= 0.6 is 0 Å². The topological polar surface area (TPSA) is 17.4 Å². The highest BCUT2D eigenvalue weighted by Gasteiger charge is 2.26. The minimum Gasteiger partial charge on any atom is -0.453 e. The minimum absolute atomic E-state index is 0.844. The highest BCUT2D eigenvalue weighted by Crippen LogP contribution is 2.51. The van der Waals surface area contributed by atoms with E-state index in [1.807, 2.05) is 12.1 Å². The molecule has 7 aromatic carbocycles. The van der Waals surface area contributed by atoms with Crippen LogP contribution in [-0.4, -0.2) is 4.57 Å². The minimum atomic E-state index is 0.844. The summed E-state index contributed by atoms with van der Waals surface area (Å²) in [4.78, 5) is 2.31. The van der Waals surface area contributed by atoms with Gasteiger partial charge >= 0.3 is 0 Å². The Morgan fingerprint density at radius 1 is 0.395 bits per heavy atom. The summed E-state index contributed by atoms with van der Waals surface area (Å²) in [7, 11) is 0. The maximum absolute atomic E-state index is 6.55. The van der Waals surface area contributed by atoms with Crippen LogP contribution in [0.25, 0.3) is 49.4 Å². The van der Waals surface area contributed by atoms with Crippen LogP contribution in [0.5, 0.6) is 11.5 Å². The second-order valence-corrected chi connectivity index (χ2v) is 11.0. The van der Waals surface area contributed by atoms with Crippen molar-refractivity contribution in [3.63, 3.8) is 0 Å². The highest BCUT2D eigenvalue weighted by atomic mass is 16.5. The van der Waals surface area contributed by atoms with Crippen LogP contribution in [0.2, 0.25) is 0 Å². The lowest BCUT2D eigenvalue weighted by atomic mass is 10.0. The van der Waals surface area contributed by atoms with E-state index in [0.29, 0.717) is 0 Å². The lowest BCUT2D eigenvalue weighted by molar-refractivity contribution is 0.477. The number of rotatable bonds is 3. The first-order valence-electron chi connectivity index (χ1n) is 14.6. The molecular weight excluding hydrogens is 524 g/mol. The van der Waals surface area contributed by atoms with E-state index in [1.54, 1.807) is 0 Å². The van der Waals surface area contributed by atoms with Gasteiger partial charge in [-0.15, -0.1) is 0 Å². The second kappa shape index (κ2) is 9.37. The average Bonchev–Trinajstić information content (AvgIpc) is 3.41. The van der Waals surface area contributed by atoms with Crippen molar-refractivity contribution in [2.45, 2.75) is 0 Å². The third kappa shape index (κ3) is 3.75. The second-order valence-electron chi connectivity index (χ2n) is 11.0. The highest BCUT2D eigenvalue weighted by molar-refractivity contribution is 6.10. The SMILES string of the molecule is c1ccc(-n2c3ccccc3c3cc(-c4ccc5c(c4)Oc4ccccc4N5c4ccc5ccccc5c4)ccc32)cc1. The molecule has 1 aliphatic rings. The first kappa shape index (κ1) is 23.9. The maximum atomic E-state index is 6.55. The van der Waals surface area contributed by atoms with E-state index in [-0.39, 0.29) is 0 Å². The van der Waals surface area contributed by atoms with Crippen molar-refractivity contribution in [3.05, 3.63) is 158 Å². The summed E-state index contributed by atoms with van der Waals surface area (Å²) in [6, 6.07) is 56.0. The molecule has 8 aromatic rings. The van der Waals surface area contributed by atoms with Gasteiger partial charge in [-0.25, -0.2) is 0 Å². The van der Waals surface area contributed by atoms with Crippen LogP contribution in [0.15, 0.2) is 158 Å². The zero-order chi connectivity index (χ0) is 28.3. The van der Waals surface area contributed by atoms with Gasteiger partial charge in [0.2, 0.25) is 0 Å². The Balaban J connectivity index is 1.19. The molecule has 0 bridgehead atoms. The molecule has 0 atom stereocenters. The summed E-state index contributed by atoms with van der Waals surface area (Å²) in [5.41, 5.74) is 9.02. The molecule has 9 rings (SSSR count). The molecule has 0 aliphatic carbocycles. The number of nitrogens with zero attached hydrogens (tertiary/aromatic N) is 2. The summed E-state index contributed by atoms with van der Waals surface area (Å²) in [5, 5.41) is 4.92. The predicted octanol–water partition coefficient (Wildman–Crippen LogP) is 11.2. The molecule has 3 heteroatoms. The molecule has 0 radical (unpaired) electrons. The van der Waals surface area contributed by atoms with Gasteiger partial charge in [-0.05, 0) is 88.6 Å². The fraction of sp³-hybridized carbons (Fsp3) is 0. The number of para-hydroxylation sites is 4. The van der Waals surface area contributed by atoms with E-state index in [2.05, 4.69) is 155 Å². The molecular formula is C40H26N2O. The van der Waals surface area contributed by atoms with Gasteiger partial charge in [0.15, 0.2) is 11.5 Å². The number of benzene rings is 7. The van der Waals surface area contributed by atoms with Crippen molar-refractivity contribution in [1.29, 1.82) is 0 Å². The largest absolute Gasteiger partial charge is 0.453 e. The fourth-order valence-corrected chi connectivity index (χ4v) is 6.54. The Morgan fingerprint density at radius 3 is 2.02 bits per heavy atom. The van der Waals surface area contributed by atoms with Crippen LogP contribution in [0.4, 0.5) is 17.1 Å². The third-order valence-corrected chi connectivity index (χ3v) is 8.54. The number of hydrogen-bond acceptors (Lipinski definition) is 2. The van der Waals surface area contributed by atoms with Crippen molar-refractivity contribution >= 4 is 49.6 Å². The number of aromatic nitrogens is 1. The van der Waals surface area contributed by atoms with E-state index < -0.39 is 0 Å². The molecule has 202 valence electrons. The molecule has 3 nitrogen and oxygen atoms in total. The monoisotopic (exact) mass is 550 g/mol. The Bertz CT molecular complexity index is 2330. The van der Waals surface area contributed by atoms with Crippen LogP contribution in [-0.2, 0) is 0 Å². The molecule has 0 spiro atoms. The first-order valence-corrected chi connectivity index (χ1v) is 14.6. The Morgan fingerprint density at radius 2 is 1.09 bits per heavy atom. The van der Waals surface area contributed by atoms with Crippen molar-refractivity contribution in [3.8, 4) is 28.3 Å². The fourth-order valence-electron chi connectivity index (χ4n) is 6.54. The Hall–Kier alpha value is -5.80. The van der Waals surface area contributed by atoms with Gasteiger partial charge in [0, 0.05) is 22.1 Å². The molecule has 43 heavy (non-hydrogen) atoms. The molecule has 1 aliphatic heterocycles. The first-order chi connectivity index (χ1) is 21.3. The summed E-state index contributed by atoms with van der Waals surface area (Å²) in [6.45, 7) is 0. The Kier molecular flexibility index (Phi) is 5.20. The lowest BCUT2D eigenvalue weighted by Crippen LogP contribution is -2.15. The van der Waals surface area contributed by atoms with Crippen molar-refractivity contribution in [1.82, 2.24) is 4.57 Å². The predicted molar refractivity (Wildman–Crippen MR) is 178 cm³/mol. The van der Waals surface area contributed by atoms with Crippen molar-refractivity contribution < 1.29 is 4.74 Å². The number of hydrogen-bond donors (Lipinski definition) is 0. The zero-order valence-electron chi connectivity index (χ0n) is 23.3. The average molecular weight is 551 g/mol. The summed E-state index contributed by atoms with van der Waals surface area (Å²) < 4.78 is 8.90. The molecule has 0 N–H and O–H groups in total. The van der Waals surface area contributed by atoms with Gasteiger partial charge in [-0.2, -0.15) is 0 Å². The van der Waals surface area contributed by atoms with Gasteiger partial charge in [-0.1, -0.05) is 91.0 Å². The zero-order valence-corrected chi connectivity index (χ0v) is 23.3. The normalized spacial score (nSPS) is 12.3. The molecule has 0 fully saturated rings. The van der Waals surface area contributed by atoms with Crippen molar-refractivity contribution in [2.75, 3.05) is 4.90 Å². The van der Waals surface area contributed by atoms with Gasteiger partial charge in [0.05, 0.1) is 22.4 Å². The van der Waals surface area contributed by atoms with E-state index in [1.165, 1.54) is 32.6 Å². The van der Waals surface area contributed by atoms with Crippen LogP contribution < -0.4 is 9.64 Å². The number of anilines is 3. The van der Waals surface area contributed by atoms with Gasteiger partial charge in [-0.3, -0.25) is 0 Å². The third-order valence-electron chi connectivity index (χ3n) is 8.54. The molecule has 0 amide bonds. The van der Waals surface area contributed by atoms with Gasteiger partial charge in [0.25, 0.3) is 0 Å². The van der Waals surface area contributed by atoms with Crippen LogP contribution in [0.1, 0.15) is 0 Å². The summed E-state index contributed by atoms with van der Waals surface area (Å²) >= 11 is 0. The molecule has 2 heterocycles. The van der Waals surface area contributed by atoms with Gasteiger partial charge < -0.3 is 14.2 Å². The number of ether oxygens (including phenoxy) is 1. The summed E-state index contributed by atoms with van der Waals surface area (Å²) in [5.74, 6) is 1.69. The van der Waals surface area contributed by atoms with E-state index in [0.717, 1.165) is 45.4 Å². The van der Waals surface area contributed by atoms with Crippen LogP contribution in [0.3, 0.4) is 0 Å². The molecule has 0 saturated heterocycles.